The van der Waals surface area contributed by atoms with Crippen molar-refractivity contribution in [3.05, 3.63) is 75.2 Å². The van der Waals surface area contributed by atoms with E-state index in [4.69, 9.17) is 9.15 Å². The first-order valence-corrected chi connectivity index (χ1v) is 13.3. The Kier molecular flexibility index (Phi) is 6.49. The first-order valence-electron chi connectivity index (χ1n) is 13.3. The quantitative estimate of drug-likeness (QED) is 0.364. The maximum absolute atomic E-state index is 13.4. The molecule has 4 heterocycles. The van der Waals surface area contributed by atoms with E-state index in [1.54, 1.807) is 32.2 Å². The number of aromatic nitrogens is 3. The van der Waals surface area contributed by atoms with Gasteiger partial charge in [0.1, 0.15) is 23.1 Å². The monoisotopic (exact) mass is 542 g/mol. The number of fused-ring (bicyclic) bond motifs is 2. The van der Waals surface area contributed by atoms with Crippen LogP contribution < -0.4 is 20.7 Å². The Labute approximate surface area is 230 Å². The lowest BCUT2D eigenvalue weighted by atomic mass is 10.0. The molecule has 0 saturated carbocycles. The molecule has 0 bridgehead atoms. The number of benzene rings is 2. The Morgan fingerprint density at radius 2 is 1.85 bits per heavy atom. The molecule has 1 saturated heterocycles. The molecule has 0 unspecified atom stereocenters. The summed E-state index contributed by atoms with van der Waals surface area (Å²) in [7, 11) is 1.64. The molecule has 11 nitrogen and oxygen atoms in total. The number of anilines is 2. The number of amides is 2. The minimum Gasteiger partial charge on any atom is -0.497 e. The minimum absolute atomic E-state index is 0.0846. The van der Waals surface area contributed by atoms with E-state index in [0.717, 1.165) is 41.8 Å². The predicted octanol–water partition coefficient (Wildman–Crippen LogP) is 3.83. The van der Waals surface area contributed by atoms with E-state index in [1.807, 2.05) is 30.0 Å². The molecule has 2 N–H and O–H groups in total. The van der Waals surface area contributed by atoms with Crippen LogP contribution in [0.2, 0.25) is 0 Å². The van der Waals surface area contributed by atoms with Gasteiger partial charge < -0.3 is 24.3 Å². The van der Waals surface area contributed by atoms with Crippen molar-refractivity contribution in [2.75, 3.05) is 37.0 Å². The normalized spacial score (nSPS) is 16.0. The van der Waals surface area contributed by atoms with Gasteiger partial charge in [0.2, 0.25) is 5.78 Å². The number of nitrogens with one attached hydrogen (secondary N) is 2. The smallest absolute Gasteiger partial charge is 0.417 e. The number of rotatable bonds is 5. The molecular formula is C29H30N6O5. The topological polar surface area (TPSA) is 134 Å². The molecule has 2 aliphatic rings. The number of carbonyl (C=O) groups excluding carboxylic acids is 2. The Morgan fingerprint density at radius 3 is 2.62 bits per heavy atom. The van der Waals surface area contributed by atoms with Crippen LogP contribution in [0.1, 0.15) is 45.8 Å². The average Bonchev–Trinajstić information content (AvgIpc) is 3.25. The number of hydrogen-bond acceptors (Lipinski definition) is 8. The van der Waals surface area contributed by atoms with Crippen LogP contribution in [0.15, 0.2) is 45.6 Å². The van der Waals surface area contributed by atoms with Gasteiger partial charge >= 0.3 is 11.8 Å². The second-order valence-electron chi connectivity index (χ2n) is 10.3. The fourth-order valence-electron chi connectivity index (χ4n) is 5.64. The number of ether oxygens (including phenoxy) is 1. The number of piperidine rings is 1. The van der Waals surface area contributed by atoms with E-state index in [1.165, 1.54) is 0 Å². The predicted molar refractivity (Wildman–Crippen MR) is 149 cm³/mol. The number of carbonyl (C=O) groups is 2. The van der Waals surface area contributed by atoms with Gasteiger partial charge in [-0.05, 0) is 74.6 Å². The van der Waals surface area contributed by atoms with Crippen LogP contribution >= 0.6 is 0 Å². The SMILES string of the molecule is COc1ccc2c(c1)CCN(C1CCN(c3cc(C(=O)c4cc(C)c5[nH]c(=O)oc5c4)nc(C)n3)CC1)C(=O)N2. The van der Waals surface area contributed by atoms with Crippen LogP contribution in [0.5, 0.6) is 5.75 Å². The van der Waals surface area contributed by atoms with Crippen LogP contribution in [0.3, 0.4) is 0 Å². The molecule has 2 aromatic heterocycles. The minimum atomic E-state index is -0.561. The van der Waals surface area contributed by atoms with E-state index in [-0.39, 0.29) is 23.6 Å². The molecule has 40 heavy (non-hydrogen) atoms. The summed E-state index contributed by atoms with van der Waals surface area (Å²) in [6.45, 7) is 5.59. The van der Waals surface area contributed by atoms with Crippen molar-refractivity contribution in [3.63, 3.8) is 0 Å². The fourth-order valence-corrected chi connectivity index (χ4v) is 5.64. The standard InChI is InChI=1S/C29H30N6O5/c1-16-12-19(14-24-26(16)33-29(38)40-24)27(36)23-15-25(31-17(2)30-23)34-9-7-20(8-10-34)35-11-6-18-13-21(39-3)4-5-22(18)32-28(35)37/h4-5,12-15,20H,6-11H2,1-3H3,(H,32,37)(H,33,38). The maximum atomic E-state index is 13.4. The summed E-state index contributed by atoms with van der Waals surface area (Å²) in [5.41, 5.74) is 4.20. The van der Waals surface area contributed by atoms with Crippen molar-refractivity contribution in [1.82, 2.24) is 19.9 Å². The van der Waals surface area contributed by atoms with Gasteiger partial charge in [-0.1, -0.05) is 0 Å². The van der Waals surface area contributed by atoms with E-state index >= 15 is 0 Å². The Balaban J connectivity index is 1.16. The zero-order valence-electron chi connectivity index (χ0n) is 22.6. The molecule has 0 spiro atoms. The summed E-state index contributed by atoms with van der Waals surface area (Å²) in [6.07, 6.45) is 2.31. The first-order chi connectivity index (χ1) is 19.3. The van der Waals surface area contributed by atoms with Gasteiger partial charge in [-0.3, -0.25) is 9.78 Å². The molecule has 0 aliphatic carbocycles. The number of urea groups is 1. The van der Waals surface area contributed by atoms with Crippen LogP contribution in [-0.4, -0.2) is 64.5 Å². The zero-order chi connectivity index (χ0) is 28.0. The number of methoxy groups -OCH3 is 1. The first kappa shape index (κ1) is 25.6. The van der Waals surface area contributed by atoms with E-state index < -0.39 is 5.76 Å². The molecule has 206 valence electrons. The highest BCUT2D eigenvalue weighted by molar-refractivity contribution is 6.09. The number of oxazole rings is 1. The molecule has 6 rings (SSSR count). The highest BCUT2D eigenvalue weighted by atomic mass is 16.5. The van der Waals surface area contributed by atoms with Gasteiger partial charge in [-0.2, -0.15) is 0 Å². The Hall–Kier alpha value is -4.67. The number of hydrogen-bond donors (Lipinski definition) is 2. The molecule has 2 aliphatic heterocycles. The molecule has 0 radical (unpaired) electrons. The second-order valence-corrected chi connectivity index (χ2v) is 10.3. The number of H-pyrrole nitrogens is 1. The Morgan fingerprint density at radius 1 is 1.05 bits per heavy atom. The lowest BCUT2D eigenvalue weighted by Gasteiger charge is -2.38. The highest BCUT2D eigenvalue weighted by Crippen LogP contribution is 2.29. The summed E-state index contributed by atoms with van der Waals surface area (Å²) in [6, 6.07) is 10.7. The molecule has 2 aromatic carbocycles. The third-order valence-electron chi connectivity index (χ3n) is 7.71. The number of ketones is 1. The molecule has 4 aromatic rings. The van der Waals surface area contributed by atoms with Crippen LogP contribution in [0.4, 0.5) is 16.3 Å². The van der Waals surface area contributed by atoms with Crippen molar-refractivity contribution in [1.29, 1.82) is 0 Å². The molecule has 1 fully saturated rings. The van der Waals surface area contributed by atoms with E-state index in [2.05, 4.69) is 25.2 Å². The molecule has 0 atom stereocenters. The largest absolute Gasteiger partial charge is 0.497 e. The maximum Gasteiger partial charge on any atom is 0.417 e. The van der Waals surface area contributed by atoms with Crippen LogP contribution in [0.25, 0.3) is 11.1 Å². The van der Waals surface area contributed by atoms with Crippen molar-refractivity contribution in [2.24, 2.45) is 0 Å². The van der Waals surface area contributed by atoms with Crippen LogP contribution in [-0.2, 0) is 6.42 Å². The third-order valence-corrected chi connectivity index (χ3v) is 7.71. The van der Waals surface area contributed by atoms with Gasteiger partial charge in [-0.25, -0.2) is 19.6 Å². The summed E-state index contributed by atoms with van der Waals surface area (Å²) >= 11 is 0. The molecule has 2 amide bonds. The van der Waals surface area contributed by atoms with E-state index in [0.29, 0.717) is 47.9 Å². The van der Waals surface area contributed by atoms with Gasteiger partial charge in [0, 0.05) is 43.0 Å². The van der Waals surface area contributed by atoms with Crippen molar-refractivity contribution in [2.45, 2.75) is 39.2 Å². The van der Waals surface area contributed by atoms with Crippen molar-refractivity contribution >= 4 is 34.4 Å². The Bertz CT molecular complexity index is 1680. The lowest BCUT2D eigenvalue weighted by Crippen LogP contribution is -2.49. The second kappa shape index (κ2) is 10.1. The van der Waals surface area contributed by atoms with Crippen LogP contribution in [0, 0.1) is 13.8 Å². The number of aromatic amines is 1. The summed E-state index contributed by atoms with van der Waals surface area (Å²) in [4.78, 5) is 53.8. The molecule has 11 heteroatoms. The number of nitrogens with zero attached hydrogens (tertiary/aromatic N) is 4. The van der Waals surface area contributed by atoms with Gasteiger partial charge in [0.25, 0.3) is 0 Å². The average molecular weight is 543 g/mol. The third kappa shape index (κ3) is 4.78. The fraction of sp³-hybridized carbons (Fsp3) is 0.345. The summed E-state index contributed by atoms with van der Waals surface area (Å²) in [5, 5.41) is 3.06. The summed E-state index contributed by atoms with van der Waals surface area (Å²) < 4.78 is 10.5. The summed E-state index contributed by atoms with van der Waals surface area (Å²) in [5.74, 6) is 1.12. The highest BCUT2D eigenvalue weighted by Gasteiger charge is 2.31. The van der Waals surface area contributed by atoms with Gasteiger partial charge in [0.05, 0.1) is 12.6 Å². The van der Waals surface area contributed by atoms with E-state index in [9.17, 15) is 14.4 Å². The molecular weight excluding hydrogens is 512 g/mol. The lowest BCUT2D eigenvalue weighted by molar-refractivity contribution is 0.103. The van der Waals surface area contributed by atoms with Crippen molar-refractivity contribution < 1.29 is 18.7 Å². The van der Waals surface area contributed by atoms with Gasteiger partial charge in [0.15, 0.2) is 5.58 Å². The van der Waals surface area contributed by atoms with Crippen molar-refractivity contribution in [3.8, 4) is 5.75 Å². The zero-order valence-corrected chi connectivity index (χ0v) is 22.6. The van der Waals surface area contributed by atoms with Gasteiger partial charge in [-0.15, -0.1) is 0 Å². The number of aryl methyl sites for hydroxylation is 2.